The Balaban J connectivity index is 2.58. The second kappa shape index (κ2) is 5.97. The number of nitrogens with zero attached hydrogens (tertiary/aromatic N) is 1. The molecule has 0 spiro atoms. The summed E-state index contributed by atoms with van der Waals surface area (Å²) >= 11 is 3.15. The van der Waals surface area contributed by atoms with Crippen LogP contribution in [0.2, 0.25) is 0 Å². The lowest BCUT2D eigenvalue weighted by atomic mass is 10.1. The number of pyridine rings is 1. The van der Waals surface area contributed by atoms with Gasteiger partial charge >= 0.3 is 5.97 Å². The van der Waals surface area contributed by atoms with Gasteiger partial charge in [-0.15, -0.1) is 23.5 Å². The average Bonchev–Trinajstić information content (AvgIpc) is 2.84. The van der Waals surface area contributed by atoms with Gasteiger partial charge in [-0.05, 0) is 44.3 Å². The maximum Gasteiger partial charge on any atom is 0.342 e. The molecule has 2 rings (SSSR count). The van der Waals surface area contributed by atoms with Gasteiger partial charge < -0.3 is 4.74 Å². The quantitative estimate of drug-likeness (QED) is 0.627. The highest BCUT2D eigenvalue weighted by atomic mass is 32.2. The van der Waals surface area contributed by atoms with Gasteiger partial charge in [0.15, 0.2) is 0 Å². The van der Waals surface area contributed by atoms with Crippen molar-refractivity contribution in [2.24, 2.45) is 0 Å². The zero-order chi connectivity index (χ0) is 13.1. The van der Waals surface area contributed by atoms with Crippen LogP contribution in [0.1, 0.15) is 35.0 Å². The number of hydrogen-bond donors (Lipinski definition) is 0. The van der Waals surface area contributed by atoms with Crippen molar-refractivity contribution in [3.05, 3.63) is 16.8 Å². The van der Waals surface area contributed by atoms with Crippen LogP contribution < -0.4 is 0 Å². The van der Waals surface area contributed by atoms with E-state index < -0.39 is 0 Å². The van der Waals surface area contributed by atoms with E-state index in [9.17, 15) is 4.79 Å². The molecule has 1 aliphatic rings. The van der Waals surface area contributed by atoms with E-state index in [1.807, 2.05) is 19.4 Å². The Morgan fingerprint density at radius 2 is 2.11 bits per heavy atom. The molecule has 0 aliphatic heterocycles. The highest BCUT2D eigenvalue weighted by Gasteiger charge is 2.26. The predicted molar refractivity (Wildman–Crippen MR) is 75.8 cm³/mol. The smallest absolute Gasteiger partial charge is 0.342 e. The summed E-state index contributed by atoms with van der Waals surface area (Å²) in [6, 6.07) is 0. The van der Waals surface area contributed by atoms with Crippen molar-refractivity contribution in [2.45, 2.75) is 36.1 Å². The molecule has 0 saturated carbocycles. The van der Waals surface area contributed by atoms with E-state index in [1.54, 1.807) is 11.8 Å². The van der Waals surface area contributed by atoms with Gasteiger partial charge in [-0.3, -0.25) is 0 Å². The third-order valence-electron chi connectivity index (χ3n) is 3.02. The van der Waals surface area contributed by atoms with Crippen molar-refractivity contribution in [2.75, 3.05) is 19.1 Å². The molecule has 1 aliphatic carbocycles. The Bertz CT molecular complexity index is 475. The van der Waals surface area contributed by atoms with Gasteiger partial charge in [0.1, 0.15) is 10.6 Å². The van der Waals surface area contributed by atoms with Gasteiger partial charge in [-0.25, -0.2) is 9.78 Å². The number of hydrogen-bond acceptors (Lipinski definition) is 5. The largest absolute Gasteiger partial charge is 0.462 e. The SMILES string of the molecule is CCOC(=O)c1c(SC)nc2c(c1SC)CCC2. The lowest BCUT2D eigenvalue weighted by molar-refractivity contribution is 0.0516. The topological polar surface area (TPSA) is 39.2 Å². The number of ether oxygens (including phenoxy) is 1. The molecule has 0 N–H and O–H groups in total. The van der Waals surface area contributed by atoms with E-state index in [2.05, 4.69) is 4.98 Å². The molecule has 0 aromatic carbocycles. The summed E-state index contributed by atoms with van der Waals surface area (Å²) in [4.78, 5) is 17.8. The number of carbonyl (C=O) groups excluding carboxylic acids is 1. The van der Waals surface area contributed by atoms with Crippen molar-refractivity contribution in [3.63, 3.8) is 0 Å². The van der Waals surface area contributed by atoms with E-state index in [0.717, 1.165) is 34.9 Å². The Hall–Kier alpha value is -0.680. The molecule has 0 atom stereocenters. The number of thioether (sulfide) groups is 2. The molecule has 1 aromatic rings. The van der Waals surface area contributed by atoms with Crippen molar-refractivity contribution in [3.8, 4) is 0 Å². The predicted octanol–water partition coefficient (Wildman–Crippen LogP) is 3.19. The normalized spacial score (nSPS) is 13.5. The molecule has 1 aromatic heterocycles. The van der Waals surface area contributed by atoms with E-state index in [-0.39, 0.29) is 5.97 Å². The van der Waals surface area contributed by atoms with Crippen LogP contribution in [0.3, 0.4) is 0 Å². The third-order valence-corrected chi connectivity index (χ3v) is 4.56. The first kappa shape index (κ1) is 13.7. The number of fused-ring (bicyclic) bond motifs is 1. The van der Waals surface area contributed by atoms with Gasteiger partial charge in [0.2, 0.25) is 0 Å². The molecule has 3 nitrogen and oxygen atoms in total. The summed E-state index contributed by atoms with van der Waals surface area (Å²) in [6.45, 7) is 2.23. The molecule has 18 heavy (non-hydrogen) atoms. The highest BCUT2D eigenvalue weighted by molar-refractivity contribution is 7.99. The van der Waals surface area contributed by atoms with Crippen LogP contribution in [0, 0.1) is 0 Å². The minimum atomic E-state index is -0.242. The van der Waals surface area contributed by atoms with Crippen LogP contribution in [-0.4, -0.2) is 30.1 Å². The lowest BCUT2D eigenvalue weighted by Crippen LogP contribution is -2.11. The van der Waals surface area contributed by atoms with Crippen LogP contribution >= 0.6 is 23.5 Å². The van der Waals surface area contributed by atoms with Crippen LogP contribution in [0.15, 0.2) is 9.92 Å². The van der Waals surface area contributed by atoms with Gasteiger partial charge in [-0.2, -0.15) is 0 Å². The second-order valence-corrected chi connectivity index (χ2v) is 5.64. The molecule has 5 heteroatoms. The maximum absolute atomic E-state index is 12.1. The van der Waals surface area contributed by atoms with Crippen molar-refractivity contribution >= 4 is 29.5 Å². The summed E-state index contributed by atoms with van der Waals surface area (Å²) < 4.78 is 5.17. The minimum absolute atomic E-state index is 0.242. The fourth-order valence-corrected chi connectivity index (χ4v) is 3.78. The van der Waals surface area contributed by atoms with Gasteiger partial charge in [0, 0.05) is 10.6 Å². The monoisotopic (exact) mass is 283 g/mol. The summed E-state index contributed by atoms with van der Waals surface area (Å²) in [5.74, 6) is -0.242. The van der Waals surface area contributed by atoms with Gasteiger partial charge in [0.25, 0.3) is 0 Å². The first-order chi connectivity index (χ1) is 8.72. The van der Waals surface area contributed by atoms with E-state index >= 15 is 0 Å². The van der Waals surface area contributed by atoms with Crippen LogP contribution in [0.25, 0.3) is 0 Å². The molecule has 98 valence electrons. The molecule has 0 unspecified atom stereocenters. The number of rotatable bonds is 4. The van der Waals surface area contributed by atoms with E-state index in [4.69, 9.17) is 4.74 Å². The van der Waals surface area contributed by atoms with Gasteiger partial charge in [-0.1, -0.05) is 0 Å². The standard InChI is InChI=1S/C13H17NO2S2/c1-4-16-13(15)10-11(17-2)8-6-5-7-9(8)14-12(10)18-3/h4-7H2,1-3H3. The van der Waals surface area contributed by atoms with E-state index in [1.165, 1.54) is 17.3 Å². The van der Waals surface area contributed by atoms with Crippen molar-refractivity contribution < 1.29 is 9.53 Å². The molecule has 0 bridgehead atoms. The Kier molecular flexibility index (Phi) is 4.56. The zero-order valence-electron chi connectivity index (χ0n) is 10.9. The Morgan fingerprint density at radius 3 is 2.72 bits per heavy atom. The second-order valence-electron chi connectivity index (χ2n) is 4.03. The fourth-order valence-electron chi connectivity index (χ4n) is 2.28. The third kappa shape index (κ3) is 2.38. The molecule has 1 heterocycles. The fraction of sp³-hybridized carbons (Fsp3) is 0.538. The molecular formula is C13H17NO2S2. The Labute approximate surface area is 116 Å². The molecule has 0 saturated heterocycles. The highest BCUT2D eigenvalue weighted by Crippen LogP contribution is 2.37. The van der Waals surface area contributed by atoms with Crippen molar-refractivity contribution in [1.29, 1.82) is 0 Å². The van der Waals surface area contributed by atoms with Gasteiger partial charge in [0.05, 0.1) is 6.61 Å². The number of aryl methyl sites for hydroxylation is 1. The lowest BCUT2D eigenvalue weighted by Gasteiger charge is -2.14. The van der Waals surface area contributed by atoms with E-state index in [0.29, 0.717) is 12.2 Å². The van der Waals surface area contributed by atoms with Crippen LogP contribution in [0.4, 0.5) is 0 Å². The first-order valence-electron chi connectivity index (χ1n) is 6.03. The number of esters is 1. The van der Waals surface area contributed by atoms with Crippen molar-refractivity contribution in [1.82, 2.24) is 4.98 Å². The molecule has 0 amide bonds. The van der Waals surface area contributed by atoms with Crippen LogP contribution in [0.5, 0.6) is 0 Å². The summed E-state index contributed by atoms with van der Waals surface area (Å²) in [6.07, 6.45) is 7.16. The molecule has 0 radical (unpaired) electrons. The summed E-state index contributed by atoms with van der Waals surface area (Å²) in [7, 11) is 0. The van der Waals surface area contributed by atoms with Crippen LogP contribution in [-0.2, 0) is 17.6 Å². The zero-order valence-corrected chi connectivity index (χ0v) is 12.5. The average molecular weight is 283 g/mol. The number of carbonyl (C=O) groups is 1. The maximum atomic E-state index is 12.1. The minimum Gasteiger partial charge on any atom is -0.462 e. The number of aromatic nitrogens is 1. The first-order valence-corrected chi connectivity index (χ1v) is 8.48. The summed E-state index contributed by atoms with van der Waals surface area (Å²) in [5.41, 5.74) is 3.08. The molecular weight excluding hydrogens is 266 g/mol. The summed E-state index contributed by atoms with van der Waals surface area (Å²) in [5, 5.41) is 0.804. The Morgan fingerprint density at radius 1 is 1.33 bits per heavy atom. The molecule has 0 fully saturated rings.